The molecule has 17 heavy (non-hydrogen) atoms. The second-order valence-corrected chi connectivity index (χ2v) is 3.41. The van der Waals surface area contributed by atoms with Crippen LogP contribution in [0.1, 0.15) is 5.56 Å². The summed E-state index contributed by atoms with van der Waals surface area (Å²) in [5.74, 6) is 0.00168. The molecule has 2 aromatic heterocycles. The van der Waals surface area contributed by atoms with Gasteiger partial charge in [-0.2, -0.15) is 0 Å². The zero-order valence-electron chi connectivity index (χ0n) is 8.99. The van der Waals surface area contributed by atoms with Crippen molar-refractivity contribution in [3.8, 4) is 11.3 Å². The van der Waals surface area contributed by atoms with Crippen LogP contribution in [0.25, 0.3) is 11.3 Å². The van der Waals surface area contributed by atoms with E-state index in [0.29, 0.717) is 5.56 Å². The third-order valence-electron chi connectivity index (χ3n) is 2.26. The van der Waals surface area contributed by atoms with Crippen molar-refractivity contribution in [3.05, 3.63) is 40.3 Å². The van der Waals surface area contributed by atoms with Gasteiger partial charge in [0, 0.05) is 18.0 Å². The Balaban J connectivity index is 2.70. The van der Waals surface area contributed by atoms with Crippen LogP contribution in [-0.4, -0.2) is 19.9 Å². The van der Waals surface area contributed by atoms with Crippen molar-refractivity contribution in [2.24, 2.45) is 0 Å². The molecule has 0 aliphatic rings. The largest absolute Gasteiger partial charge is 0.368 e. The van der Waals surface area contributed by atoms with Crippen molar-refractivity contribution in [1.82, 2.24) is 15.0 Å². The molecule has 0 aliphatic carbocycles. The second kappa shape index (κ2) is 4.12. The van der Waals surface area contributed by atoms with Gasteiger partial charge < -0.3 is 5.73 Å². The molecule has 0 radical (unpaired) electrons. The van der Waals surface area contributed by atoms with Crippen LogP contribution in [0.3, 0.4) is 0 Å². The maximum absolute atomic E-state index is 10.9. The van der Waals surface area contributed by atoms with Crippen molar-refractivity contribution < 1.29 is 4.92 Å². The van der Waals surface area contributed by atoms with Gasteiger partial charge in [-0.05, 0) is 18.6 Å². The molecule has 0 spiro atoms. The standard InChI is InChI=1S/C10H9N5O2/c1-6-4-12-3-2-7(6)9-8(15(16)17)5-13-10(11)14-9/h2-5H,1H3,(H2,11,13,14). The predicted molar refractivity (Wildman–Crippen MR) is 61.1 cm³/mol. The van der Waals surface area contributed by atoms with E-state index in [9.17, 15) is 10.1 Å². The molecule has 0 saturated heterocycles. The van der Waals surface area contributed by atoms with E-state index in [4.69, 9.17) is 5.73 Å². The number of pyridine rings is 1. The van der Waals surface area contributed by atoms with Crippen LogP contribution in [0.15, 0.2) is 24.7 Å². The molecule has 0 aromatic carbocycles. The highest BCUT2D eigenvalue weighted by molar-refractivity contribution is 5.71. The number of nitrogens with zero attached hydrogens (tertiary/aromatic N) is 4. The number of nitrogen functional groups attached to an aromatic ring is 1. The average molecular weight is 231 g/mol. The number of hydrogen-bond acceptors (Lipinski definition) is 6. The van der Waals surface area contributed by atoms with Crippen LogP contribution in [0.5, 0.6) is 0 Å². The number of anilines is 1. The summed E-state index contributed by atoms with van der Waals surface area (Å²) >= 11 is 0. The molecule has 0 unspecified atom stereocenters. The Morgan fingerprint density at radius 2 is 2.18 bits per heavy atom. The molecule has 2 heterocycles. The fourth-order valence-corrected chi connectivity index (χ4v) is 1.46. The summed E-state index contributed by atoms with van der Waals surface area (Å²) in [5.41, 5.74) is 6.90. The molecule has 2 rings (SSSR count). The Hall–Kier alpha value is -2.57. The highest BCUT2D eigenvalue weighted by atomic mass is 16.6. The number of aromatic nitrogens is 3. The molecule has 0 fully saturated rings. The lowest BCUT2D eigenvalue weighted by atomic mass is 10.1. The van der Waals surface area contributed by atoms with Crippen molar-refractivity contribution >= 4 is 11.6 Å². The number of hydrogen-bond donors (Lipinski definition) is 1. The van der Waals surface area contributed by atoms with Crippen molar-refractivity contribution in [1.29, 1.82) is 0 Å². The summed E-state index contributed by atoms with van der Waals surface area (Å²) in [6.07, 6.45) is 4.26. The van der Waals surface area contributed by atoms with E-state index in [1.54, 1.807) is 25.4 Å². The highest BCUT2D eigenvalue weighted by Gasteiger charge is 2.19. The number of aryl methyl sites for hydroxylation is 1. The lowest BCUT2D eigenvalue weighted by Gasteiger charge is -2.05. The van der Waals surface area contributed by atoms with Crippen molar-refractivity contribution in [2.45, 2.75) is 6.92 Å². The molecular weight excluding hydrogens is 222 g/mol. The van der Waals surface area contributed by atoms with Gasteiger partial charge in [-0.15, -0.1) is 0 Å². The van der Waals surface area contributed by atoms with E-state index in [1.165, 1.54) is 0 Å². The second-order valence-electron chi connectivity index (χ2n) is 3.41. The molecule has 7 heteroatoms. The van der Waals surface area contributed by atoms with Crippen LogP contribution >= 0.6 is 0 Å². The Morgan fingerprint density at radius 3 is 2.82 bits per heavy atom. The van der Waals surface area contributed by atoms with Gasteiger partial charge in [0.15, 0.2) is 5.69 Å². The molecule has 0 bridgehead atoms. The molecule has 2 N–H and O–H groups in total. The Kier molecular flexibility index (Phi) is 2.65. The molecule has 0 atom stereocenters. The zero-order chi connectivity index (χ0) is 12.4. The Labute approximate surface area is 96.5 Å². The normalized spacial score (nSPS) is 10.2. The van der Waals surface area contributed by atoms with Crippen LogP contribution in [-0.2, 0) is 0 Å². The summed E-state index contributed by atoms with van der Waals surface area (Å²) in [4.78, 5) is 21.8. The first kappa shape index (κ1) is 10.9. The van der Waals surface area contributed by atoms with Gasteiger partial charge in [0.05, 0.1) is 4.92 Å². The topological polar surface area (TPSA) is 108 Å². The number of nitrogens with two attached hydrogens (primary N) is 1. The molecule has 86 valence electrons. The lowest BCUT2D eigenvalue weighted by molar-refractivity contribution is -0.384. The average Bonchev–Trinajstić information content (AvgIpc) is 2.29. The third kappa shape index (κ3) is 2.03. The van der Waals surface area contributed by atoms with Gasteiger partial charge in [-0.25, -0.2) is 9.97 Å². The van der Waals surface area contributed by atoms with E-state index in [-0.39, 0.29) is 17.3 Å². The first-order valence-corrected chi connectivity index (χ1v) is 4.77. The van der Waals surface area contributed by atoms with Gasteiger partial charge in [-0.3, -0.25) is 15.1 Å². The molecule has 0 saturated carbocycles. The monoisotopic (exact) mass is 231 g/mol. The SMILES string of the molecule is Cc1cnccc1-c1nc(N)ncc1[N+](=O)[O-]. The third-order valence-corrected chi connectivity index (χ3v) is 2.26. The minimum atomic E-state index is -0.533. The molecular formula is C10H9N5O2. The Morgan fingerprint density at radius 1 is 1.41 bits per heavy atom. The Bertz CT molecular complexity index is 585. The van der Waals surface area contributed by atoms with Gasteiger partial charge in [0.25, 0.3) is 0 Å². The summed E-state index contributed by atoms with van der Waals surface area (Å²) < 4.78 is 0. The fourth-order valence-electron chi connectivity index (χ4n) is 1.46. The van der Waals surface area contributed by atoms with E-state index < -0.39 is 4.92 Å². The molecule has 2 aromatic rings. The van der Waals surface area contributed by atoms with E-state index in [2.05, 4.69) is 15.0 Å². The maximum atomic E-state index is 10.9. The van der Waals surface area contributed by atoms with Crippen molar-refractivity contribution in [2.75, 3.05) is 5.73 Å². The summed E-state index contributed by atoms with van der Waals surface area (Å²) in [7, 11) is 0. The lowest BCUT2D eigenvalue weighted by Crippen LogP contribution is -2.01. The van der Waals surface area contributed by atoms with Crippen LogP contribution in [0.2, 0.25) is 0 Å². The predicted octanol–water partition coefficient (Wildman–Crippen LogP) is 1.34. The fraction of sp³-hybridized carbons (Fsp3) is 0.100. The van der Waals surface area contributed by atoms with Gasteiger partial charge in [-0.1, -0.05) is 0 Å². The van der Waals surface area contributed by atoms with Crippen LogP contribution < -0.4 is 5.73 Å². The summed E-state index contributed by atoms with van der Waals surface area (Å²) in [6, 6.07) is 1.66. The van der Waals surface area contributed by atoms with Crippen molar-refractivity contribution in [3.63, 3.8) is 0 Å². The maximum Gasteiger partial charge on any atom is 0.313 e. The minimum absolute atomic E-state index is 0.00168. The van der Waals surface area contributed by atoms with Gasteiger partial charge in [0.1, 0.15) is 6.20 Å². The van der Waals surface area contributed by atoms with Gasteiger partial charge in [0.2, 0.25) is 5.95 Å². The smallest absolute Gasteiger partial charge is 0.313 e. The van der Waals surface area contributed by atoms with Crippen LogP contribution in [0.4, 0.5) is 11.6 Å². The molecule has 7 nitrogen and oxygen atoms in total. The minimum Gasteiger partial charge on any atom is -0.368 e. The summed E-state index contributed by atoms with van der Waals surface area (Å²) in [5, 5.41) is 10.9. The molecule has 0 aliphatic heterocycles. The quantitative estimate of drug-likeness (QED) is 0.617. The first-order chi connectivity index (χ1) is 8.09. The highest BCUT2D eigenvalue weighted by Crippen LogP contribution is 2.29. The van der Waals surface area contributed by atoms with E-state index in [0.717, 1.165) is 11.8 Å². The number of rotatable bonds is 2. The zero-order valence-corrected chi connectivity index (χ0v) is 8.99. The summed E-state index contributed by atoms with van der Waals surface area (Å²) in [6.45, 7) is 1.80. The first-order valence-electron chi connectivity index (χ1n) is 4.77. The number of nitro groups is 1. The molecule has 0 amide bonds. The van der Waals surface area contributed by atoms with E-state index in [1.807, 2.05) is 0 Å². The van der Waals surface area contributed by atoms with Gasteiger partial charge >= 0.3 is 5.69 Å². The van der Waals surface area contributed by atoms with E-state index >= 15 is 0 Å². The van der Waals surface area contributed by atoms with Crippen LogP contribution in [0, 0.1) is 17.0 Å².